The van der Waals surface area contributed by atoms with Crippen LogP contribution in [0.5, 0.6) is 11.5 Å². The minimum absolute atomic E-state index is 0.0892. The van der Waals surface area contributed by atoms with Crippen LogP contribution in [0, 0.1) is 17.8 Å². The Labute approximate surface area is 234 Å². The van der Waals surface area contributed by atoms with Crippen molar-refractivity contribution in [3.8, 4) is 11.5 Å². The van der Waals surface area contributed by atoms with Crippen molar-refractivity contribution in [3.63, 3.8) is 0 Å². The van der Waals surface area contributed by atoms with E-state index in [-0.39, 0.29) is 45.8 Å². The number of fused-ring (bicyclic) bond motifs is 3. The molecule has 7 nitrogen and oxygen atoms in total. The Morgan fingerprint density at radius 1 is 1.03 bits per heavy atom. The van der Waals surface area contributed by atoms with Crippen molar-refractivity contribution in [2.75, 3.05) is 12.0 Å². The summed E-state index contributed by atoms with van der Waals surface area (Å²) < 4.78 is 5.38. The molecule has 39 heavy (non-hydrogen) atoms. The molecule has 1 fully saturated rings. The number of hydrogen-bond acceptors (Lipinski definition) is 6. The third kappa shape index (κ3) is 3.84. The van der Waals surface area contributed by atoms with Gasteiger partial charge in [-0.05, 0) is 76.5 Å². The number of aryl methyl sites for hydroxylation is 1. The van der Waals surface area contributed by atoms with Gasteiger partial charge < -0.3 is 9.84 Å². The number of carbonyl (C=O) groups excluding carboxylic acids is 4. The van der Waals surface area contributed by atoms with Crippen molar-refractivity contribution < 1.29 is 29.0 Å². The highest BCUT2D eigenvalue weighted by molar-refractivity contribution is 9.12. The maximum atomic E-state index is 13.9. The van der Waals surface area contributed by atoms with Crippen LogP contribution in [0.25, 0.3) is 0 Å². The highest BCUT2D eigenvalue weighted by atomic mass is 79.9. The third-order valence-corrected chi connectivity index (χ3v) is 9.06. The topological polar surface area (TPSA) is 101 Å². The molecular weight excluding hydrogens is 562 g/mol. The number of aromatic hydroxyl groups is 1. The summed E-state index contributed by atoms with van der Waals surface area (Å²) in [5.74, 6) is -3.18. The van der Waals surface area contributed by atoms with Gasteiger partial charge in [-0.2, -0.15) is 0 Å². The first-order valence-corrected chi connectivity index (χ1v) is 13.8. The lowest BCUT2D eigenvalue weighted by Gasteiger charge is -2.42. The molecule has 198 valence electrons. The summed E-state index contributed by atoms with van der Waals surface area (Å²) in [6.45, 7) is 2.04. The fourth-order valence-electron chi connectivity index (χ4n) is 6.61. The molecule has 1 saturated heterocycles. The van der Waals surface area contributed by atoms with Gasteiger partial charge in [0.25, 0.3) is 0 Å². The van der Waals surface area contributed by atoms with Gasteiger partial charge in [-0.3, -0.25) is 24.1 Å². The van der Waals surface area contributed by atoms with Crippen LogP contribution in [0.3, 0.4) is 0 Å². The van der Waals surface area contributed by atoms with Crippen LogP contribution >= 0.6 is 15.9 Å². The number of amides is 2. The Balaban J connectivity index is 1.46. The lowest BCUT2D eigenvalue weighted by molar-refractivity contribution is -0.123. The molecule has 1 N–H and O–H groups in total. The second kappa shape index (κ2) is 9.45. The highest BCUT2D eigenvalue weighted by Gasteiger charge is 2.56. The number of anilines is 1. The van der Waals surface area contributed by atoms with Gasteiger partial charge in [0.05, 0.1) is 29.1 Å². The number of allylic oxidation sites excluding steroid dienone is 6. The number of rotatable bonds is 4. The molecule has 0 radical (unpaired) electrons. The first-order chi connectivity index (χ1) is 18.7. The van der Waals surface area contributed by atoms with Crippen LogP contribution in [0.4, 0.5) is 5.69 Å². The number of Topliss-reactive ketones (excluding diaryl/α,β-unsaturated/α-hetero) is 1. The molecule has 6 rings (SSSR count). The van der Waals surface area contributed by atoms with Crippen LogP contribution in [-0.4, -0.2) is 35.6 Å². The van der Waals surface area contributed by atoms with E-state index in [2.05, 4.69) is 15.9 Å². The van der Waals surface area contributed by atoms with Gasteiger partial charge in [0.1, 0.15) is 0 Å². The number of hydrogen-bond donors (Lipinski definition) is 1. The maximum absolute atomic E-state index is 13.9. The number of benzene rings is 2. The second-order valence-electron chi connectivity index (χ2n) is 10.4. The molecule has 4 atom stereocenters. The molecule has 3 aliphatic carbocycles. The number of halogens is 1. The Bertz CT molecular complexity index is 1550. The fraction of sp³-hybridized carbons (Fsp3) is 0.290. The molecule has 2 aromatic carbocycles. The molecule has 1 aliphatic heterocycles. The summed E-state index contributed by atoms with van der Waals surface area (Å²) >= 11 is 3.24. The smallest absolute Gasteiger partial charge is 0.238 e. The first-order valence-electron chi connectivity index (χ1n) is 13.0. The van der Waals surface area contributed by atoms with E-state index in [1.165, 1.54) is 24.2 Å². The van der Waals surface area contributed by atoms with Gasteiger partial charge >= 0.3 is 0 Å². The summed E-state index contributed by atoms with van der Waals surface area (Å²) in [5.41, 5.74) is 3.81. The van der Waals surface area contributed by atoms with Crippen molar-refractivity contribution in [3.05, 3.63) is 86.9 Å². The predicted octanol–water partition coefficient (Wildman–Crippen LogP) is 4.93. The zero-order chi connectivity index (χ0) is 27.6. The molecule has 1 heterocycles. The van der Waals surface area contributed by atoms with Gasteiger partial charge in [0, 0.05) is 23.1 Å². The van der Waals surface area contributed by atoms with Gasteiger partial charge in [-0.25, -0.2) is 0 Å². The number of imide groups is 1. The van der Waals surface area contributed by atoms with E-state index in [0.29, 0.717) is 28.8 Å². The molecule has 8 heteroatoms. The molecule has 0 aromatic heterocycles. The highest BCUT2D eigenvalue weighted by Crippen LogP contribution is 2.56. The lowest BCUT2D eigenvalue weighted by atomic mass is 9.59. The molecule has 2 aromatic rings. The molecule has 4 unspecified atom stereocenters. The monoisotopic (exact) mass is 587 g/mol. The van der Waals surface area contributed by atoms with E-state index in [1.807, 2.05) is 25.1 Å². The SMILES string of the molecule is CCc1ccc(N2C(=O)C3CC=C4C(c5ccc(OC)c(O)c5)C5=C(CC4C3C2=O)C(=O)C(Br)=CC5=O)cc1. The number of phenolic OH excluding ortho intramolecular Hbond substituents is 1. The second-order valence-corrected chi connectivity index (χ2v) is 11.2. The minimum atomic E-state index is -0.653. The predicted molar refractivity (Wildman–Crippen MR) is 148 cm³/mol. The van der Waals surface area contributed by atoms with E-state index >= 15 is 0 Å². The summed E-state index contributed by atoms with van der Waals surface area (Å²) in [4.78, 5) is 55.5. The average Bonchev–Trinajstić information content (AvgIpc) is 3.20. The van der Waals surface area contributed by atoms with Crippen molar-refractivity contribution >= 4 is 45.0 Å². The Morgan fingerprint density at radius 3 is 2.44 bits per heavy atom. The fourth-order valence-corrected chi connectivity index (χ4v) is 7.06. The largest absolute Gasteiger partial charge is 0.504 e. The summed E-state index contributed by atoms with van der Waals surface area (Å²) in [5, 5.41) is 10.6. The van der Waals surface area contributed by atoms with Gasteiger partial charge in [-0.1, -0.05) is 36.8 Å². The minimum Gasteiger partial charge on any atom is -0.504 e. The number of phenols is 1. The van der Waals surface area contributed by atoms with Crippen LogP contribution in [-0.2, 0) is 25.6 Å². The van der Waals surface area contributed by atoms with E-state index in [4.69, 9.17) is 4.74 Å². The van der Waals surface area contributed by atoms with Crippen LogP contribution in [0.2, 0.25) is 0 Å². The van der Waals surface area contributed by atoms with Crippen molar-refractivity contribution in [1.29, 1.82) is 0 Å². The Morgan fingerprint density at radius 2 is 1.77 bits per heavy atom. The molecular formula is C31H26BrNO6. The summed E-state index contributed by atoms with van der Waals surface area (Å²) in [6.07, 6.45) is 4.64. The first kappa shape index (κ1) is 25.5. The van der Waals surface area contributed by atoms with Gasteiger partial charge in [-0.15, -0.1) is 0 Å². The van der Waals surface area contributed by atoms with Gasteiger partial charge in [0.15, 0.2) is 23.1 Å². The number of methoxy groups -OCH3 is 1. The van der Waals surface area contributed by atoms with E-state index in [0.717, 1.165) is 17.6 Å². The quantitative estimate of drug-likeness (QED) is 0.309. The van der Waals surface area contributed by atoms with E-state index < -0.39 is 23.7 Å². The van der Waals surface area contributed by atoms with Crippen LogP contribution in [0.1, 0.15) is 36.8 Å². The molecule has 2 amide bonds. The number of ether oxygens (including phenoxy) is 1. The maximum Gasteiger partial charge on any atom is 0.238 e. The number of ketones is 2. The molecule has 0 saturated carbocycles. The van der Waals surface area contributed by atoms with Gasteiger partial charge in [0.2, 0.25) is 11.8 Å². The third-order valence-electron chi connectivity index (χ3n) is 8.47. The zero-order valence-corrected chi connectivity index (χ0v) is 23.0. The molecule has 0 spiro atoms. The zero-order valence-electron chi connectivity index (χ0n) is 21.4. The van der Waals surface area contributed by atoms with E-state index in [1.54, 1.807) is 24.3 Å². The van der Waals surface area contributed by atoms with Crippen molar-refractivity contribution in [2.45, 2.75) is 32.1 Å². The molecule has 0 bridgehead atoms. The van der Waals surface area contributed by atoms with Crippen molar-refractivity contribution in [2.24, 2.45) is 17.8 Å². The lowest BCUT2D eigenvalue weighted by Crippen LogP contribution is -2.39. The number of nitrogens with zero attached hydrogens (tertiary/aromatic N) is 1. The van der Waals surface area contributed by atoms with Crippen molar-refractivity contribution in [1.82, 2.24) is 0 Å². The molecule has 4 aliphatic rings. The van der Waals surface area contributed by atoms with E-state index in [9.17, 15) is 24.3 Å². The average molecular weight is 588 g/mol. The van der Waals surface area contributed by atoms with Crippen LogP contribution in [0.15, 0.2) is 75.8 Å². The van der Waals surface area contributed by atoms with Crippen LogP contribution < -0.4 is 9.64 Å². The summed E-state index contributed by atoms with van der Waals surface area (Å²) in [6, 6.07) is 12.4. The normalized spacial score (nSPS) is 26.2. The Kier molecular flexibility index (Phi) is 6.18. The Hall–Kier alpha value is -3.78. The standard InChI is InChI=1S/C31H26BrNO6/c1-3-15-4-7-17(8-5-15)33-30(37)19-10-9-18-20(27(19)31(33)38)13-21-28(24(35)14-22(32)29(21)36)26(18)16-6-11-25(39-2)23(34)12-16/h4-9,11-12,14,19-20,26-27,34H,3,10,13H2,1-2H3. The summed E-state index contributed by atoms with van der Waals surface area (Å²) in [7, 11) is 1.45. The number of carbonyl (C=O) groups is 4.